The Kier molecular flexibility index (Phi) is 3.62. The highest BCUT2D eigenvalue weighted by molar-refractivity contribution is 5.46. The van der Waals surface area contributed by atoms with Crippen LogP contribution in [0.4, 0.5) is 0 Å². The minimum atomic E-state index is 0.433. The van der Waals surface area contributed by atoms with Gasteiger partial charge in [-0.2, -0.15) is 5.26 Å². The number of pyridine rings is 1. The van der Waals surface area contributed by atoms with Crippen molar-refractivity contribution < 1.29 is 4.74 Å². The molecule has 0 unspecified atom stereocenters. The van der Waals surface area contributed by atoms with E-state index in [1.54, 1.807) is 0 Å². The molecule has 3 nitrogen and oxygen atoms in total. The van der Waals surface area contributed by atoms with Crippen LogP contribution in [0.15, 0.2) is 24.3 Å². The van der Waals surface area contributed by atoms with Crippen molar-refractivity contribution in [2.45, 2.75) is 39.5 Å². The first-order valence-electron chi connectivity index (χ1n) is 7.35. The monoisotopic (exact) mass is 278 g/mol. The van der Waals surface area contributed by atoms with Gasteiger partial charge in [0, 0.05) is 5.69 Å². The Bertz CT molecular complexity index is 708. The molecule has 1 heterocycles. The number of nitrogens with zero attached hydrogens (tertiary/aromatic N) is 2. The smallest absolute Gasteiger partial charge is 0.237 e. The Balaban J connectivity index is 1.99. The fourth-order valence-electron chi connectivity index (χ4n) is 2.88. The van der Waals surface area contributed by atoms with E-state index in [9.17, 15) is 5.26 Å². The minimum absolute atomic E-state index is 0.433. The van der Waals surface area contributed by atoms with Crippen molar-refractivity contribution >= 4 is 0 Å². The molecule has 1 aliphatic carbocycles. The molecule has 0 fully saturated rings. The topological polar surface area (TPSA) is 45.9 Å². The predicted molar refractivity (Wildman–Crippen MR) is 81.6 cm³/mol. The SMILES string of the molecule is Cc1cc(C)cc(Oc2nc3c(cc2C#N)CCCC3)c1. The molecule has 2 aromatic rings. The second-order valence-electron chi connectivity index (χ2n) is 5.69. The average molecular weight is 278 g/mol. The van der Waals surface area contributed by atoms with E-state index in [1.807, 2.05) is 32.0 Å². The summed E-state index contributed by atoms with van der Waals surface area (Å²) in [4.78, 5) is 4.59. The van der Waals surface area contributed by atoms with Gasteiger partial charge in [0.25, 0.3) is 0 Å². The molecule has 0 spiro atoms. The van der Waals surface area contributed by atoms with Crippen LogP contribution in [0.3, 0.4) is 0 Å². The quantitative estimate of drug-likeness (QED) is 0.825. The molecule has 1 aliphatic rings. The third-order valence-electron chi connectivity index (χ3n) is 3.80. The summed E-state index contributed by atoms with van der Waals surface area (Å²) in [5.74, 6) is 1.18. The lowest BCUT2D eigenvalue weighted by Gasteiger charge is -2.17. The maximum absolute atomic E-state index is 9.34. The summed E-state index contributed by atoms with van der Waals surface area (Å²) in [7, 11) is 0. The van der Waals surface area contributed by atoms with Gasteiger partial charge in [0.05, 0.1) is 0 Å². The van der Waals surface area contributed by atoms with Gasteiger partial charge in [-0.25, -0.2) is 4.98 Å². The van der Waals surface area contributed by atoms with E-state index in [-0.39, 0.29) is 0 Å². The molecule has 1 aromatic heterocycles. The molecule has 0 N–H and O–H groups in total. The molecular weight excluding hydrogens is 260 g/mol. The summed E-state index contributed by atoms with van der Waals surface area (Å²) < 4.78 is 5.89. The predicted octanol–water partition coefficient (Wildman–Crippen LogP) is 4.24. The van der Waals surface area contributed by atoms with Crippen LogP contribution in [0.2, 0.25) is 0 Å². The van der Waals surface area contributed by atoms with E-state index in [2.05, 4.69) is 17.1 Å². The first-order chi connectivity index (χ1) is 10.2. The fraction of sp³-hybridized carbons (Fsp3) is 0.333. The van der Waals surface area contributed by atoms with Gasteiger partial charge >= 0.3 is 0 Å². The number of benzene rings is 1. The maximum atomic E-state index is 9.34. The van der Waals surface area contributed by atoms with E-state index < -0.39 is 0 Å². The van der Waals surface area contributed by atoms with Crippen molar-refractivity contribution in [3.8, 4) is 17.7 Å². The second kappa shape index (κ2) is 5.57. The first kappa shape index (κ1) is 13.6. The van der Waals surface area contributed by atoms with Gasteiger partial charge in [0.2, 0.25) is 5.88 Å². The van der Waals surface area contributed by atoms with Gasteiger partial charge < -0.3 is 4.74 Å². The normalized spacial score (nSPS) is 13.4. The van der Waals surface area contributed by atoms with Crippen molar-refractivity contribution in [3.05, 3.63) is 52.2 Å². The van der Waals surface area contributed by atoms with Crippen LogP contribution in [0.1, 0.15) is 40.8 Å². The number of ether oxygens (including phenoxy) is 1. The highest BCUT2D eigenvalue weighted by Crippen LogP contribution is 2.29. The Morgan fingerprint density at radius 1 is 1.05 bits per heavy atom. The third kappa shape index (κ3) is 2.90. The zero-order valence-electron chi connectivity index (χ0n) is 12.4. The number of hydrogen-bond donors (Lipinski definition) is 0. The molecule has 0 saturated heterocycles. The number of nitriles is 1. The maximum Gasteiger partial charge on any atom is 0.237 e. The van der Waals surface area contributed by atoms with E-state index in [4.69, 9.17) is 4.74 Å². The lowest BCUT2D eigenvalue weighted by atomic mass is 9.95. The number of aryl methyl sites for hydroxylation is 4. The molecule has 3 rings (SSSR count). The van der Waals surface area contributed by atoms with Gasteiger partial charge in [-0.15, -0.1) is 0 Å². The van der Waals surface area contributed by atoms with Crippen molar-refractivity contribution in [2.75, 3.05) is 0 Å². The average Bonchev–Trinajstić information content (AvgIpc) is 2.45. The number of aromatic nitrogens is 1. The van der Waals surface area contributed by atoms with Crippen molar-refractivity contribution in [2.24, 2.45) is 0 Å². The van der Waals surface area contributed by atoms with Crippen molar-refractivity contribution in [1.29, 1.82) is 5.26 Å². The summed E-state index contributed by atoms with van der Waals surface area (Å²) in [6, 6.07) is 10.2. The largest absolute Gasteiger partial charge is 0.438 e. The van der Waals surface area contributed by atoms with Crippen LogP contribution in [-0.4, -0.2) is 4.98 Å². The molecular formula is C18H18N2O. The zero-order chi connectivity index (χ0) is 14.8. The summed E-state index contributed by atoms with van der Waals surface area (Å²) in [5, 5.41) is 9.34. The Labute approximate surface area is 125 Å². The van der Waals surface area contributed by atoms with Crippen LogP contribution in [-0.2, 0) is 12.8 Å². The van der Waals surface area contributed by atoms with Crippen molar-refractivity contribution in [1.82, 2.24) is 4.98 Å². The molecule has 106 valence electrons. The summed E-state index contributed by atoms with van der Waals surface area (Å²) >= 11 is 0. The van der Waals surface area contributed by atoms with E-state index >= 15 is 0 Å². The summed E-state index contributed by atoms with van der Waals surface area (Å²) in [5.41, 5.74) is 5.09. The van der Waals surface area contributed by atoms with Gasteiger partial charge in [-0.1, -0.05) is 6.07 Å². The lowest BCUT2D eigenvalue weighted by molar-refractivity contribution is 0.455. The number of rotatable bonds is 2. The van der Waals surface area contributed by atoms with Crippen LogP contribution in [0, 0.1) is 25.2 Å². The van der Waals surface area contributed by atoms with Gasteiger partial charge in [-0.05, 0) is 74.4 Å². The number of hydrogen-bond acceptors (Lipinski definition) is 3. The van der Waals surface area contributed by atoms with Crippen molar-refractivity contribution in [3.63, 3.8) is 0 Å². The highest BCUT2D eigenvalue weighted by Gasteiger charge is 2.16. The molecule has 0 saturated carbocycles. The van der Waals surface area contributed by atoms with E-state index in [0.717, 1.165) is 41.8 Å². The zero-order valence-corrected chi connectivity index (χ0v) is 12.4. The van der Waals surface area contributed by atoms with Gasteiger partial charge in [0.1, 0.15) is 17.4 Å². The van der Waals surface area contributed by atoms with Crippen LogP contribution in [0.25, 0.3) is 0 Å². The highest BCUT2D eigenvalue weighted by atomic mass is 16.5. The number of fused-ring (bicyclic) bond motifs is 1. The molecule has 0 atom stereocenters. The molecule has 3 heteroatoms. The van der Waals surface area contributed by atoms with Crippen LogP contribution < -0.4 is 4.74 Å². The summed E-state index contributed by atoms with van der Waals surface area (Å²) in [6.07, 6.45) is 4.33. The lowest BCUT2D eigenvalue weighted by Crippen LogP contribution is -2.07. The second-order valence-corrected chi connectivity index (χ2v) is 5.69. The third-order valence-corrected chi connectivity index (χ3v) is 3.80. The molecule has 0 bridgehead atoms. The Hall–Kier alpha value is -2.34. The summed E-state index contributed by atoms with van der Waals surface area (Å²) in [6.45, 7) is 4.07. The minimum Gasteiger partial charge on any atom is -0.438 e. The Morgan fingerprint density at radius 2 is 1.76 bits per heavy atom. The fourth-order valence-corrected chi connectivity index (χ4v) is 2.88. The van der Waals surface area contributed by atoms with Gasteiger partial charge in [0.15, 0.2) is 0 Å². The first-order valence-corrected chi connectivity index (χ1v) is 7.35. The molecule has 0 radical (unpaired) electrons. The molecule has 0 amide bonds. The van der Waals surface area contributed by atoms with Crippen LogP contribution in [0.5, 0.6) is 11.6 Å². The molecule has 1 aromatic carbocycles. The van der Waals surface area contributed by atoms with Crippen LogP contribution >= 0.6 is 0 Å². The Morgan fingerprint density at radius 3 is 2.48 bits per heavy atom. The van der Waals surface area contributed by atoms with E-state index in [1.165, 1.54) is 12.0 Å². The van der Waals surface area contributed by atoms with Gasteiger partial charge in [-0.3, -0.25) is 0 Å². The molecule has 0 aliphatic heterocycles. The molecule has 21 heavy (non-hydrogen) atoms. The van der Waals surface area contributed by atoms with E-state index in [0.29, 0.717) is 11.4 Å². The standard InChI is InChI=1S/C18H18N2O/c1-12-7-13(2)9-16(8-12)21-18-15(11-19)10-14-5-3-4-6-17(14)20-18/h7-10H,3-6H2,1-2H3.